The zero-order chi connectivity index (χ0) is 43.6. The van der Waals surface area contributed by atoms with Crippen LogP contribution in [-0.4, -0.2) is 0 Å². The van der Waals surface area contributed by atoms with E-state index in [0.717, 1.165) is 5.56 Å². The van der Waals surface area contributed by atoms with Gasteiger partial charge in [0.15, 0.2) is 0 Å². The number of hydrogen-bond acceptors (Lipinski definition) is 0. The predicted molar refractivity (Wildman–Crippen MR) is 286 cm³/mol. The van der Waals surface area contributed by atoms with Crippen LogP contribution in [-0.2, 0) is 0 Å². The molecule has 0 aliphatic carbocycles. The van der Waals surface area contributed by atoms with Gasteiger partial charge >= 0.3 is 0 Å². The number of rotatable bonds is 6. The lowest BCUT2D eigenvalue weighted by Crippen LogP contribution is -1.92. The average molecular weight is 835 g/mol. The highest BCUT2D eigenvalue weighted by Crippen LogP contribution is 2.46. The van der Waals surface area contributed by atoms with Crippen molar-refractivity contribution in [2.24, 2.45) is 0 Å². The summed E-state index contributed by atoms with van der Waals surface area (Å²) < 4.78 is 0. The molecule has 0 radical (unpaired) electrons. The Morgan fingerprint density at radius 3 is 0.985 bits per heavy atom. The first-order valence-electron chi connectivity index (χ1n) is 22.9. The molecule has 13 aromatic carbocycles. The molecule has 0 spiro atoms. The molecule has 13 rings (SSSR count). The summed E-state index contributed by atoms with van der Waals surface area (Å²) in [4.78, 5) is 0. The topological polar surface area (TPSA) is 0 Å². The molecule has 0 nitrogen and oxygen atoms in total. The quantitative estimate of drug-likeness (QED) is 0.116. The average Bonchev–Trinajstić information content (AvgIpc) is 3.38. The maximum absolute atomic E-state index is 2.43. The van der Waals surface area contributed by atoms with Crippen LogP contribution in [0.25, 0.3) is 132 Å². The summed E-state index contributed by atoms with van der Waals surface area (Å²) in [5.74, 6) is 0. The molecule has 13 aromatic rings. The monoisotopic (exact) mass is 834 g/mol. The van der Waals surface area contributed by atoms with Crippen LogP contribution in [0.4, 0.5) is 0 Å². The Kier molecular flexibility index (Phi) is 8.96. The van der Waals surface area contributed by atoms with Crippen molar-refractivity contribution in [1.29, 1.82) is 0 Å². The molecule has 0 bridgehead atoms. The van der Waals surface area contributed by atoms with Crippen molar-refractivity contribution in [3.8, 4) is 44.5 Å². The van der Waals surface area contributed by atoms with Gasteiger partial charge in [0.05, 0.1) is 0 Å². The fourth-order valence-corrected chi connectivity index (χ4v) is 10.6. The van der Waals surface area contributed by atoms with E-state index in [-0.39, 0.29) is 0 Å². The van der Waals surface area contributed by atoms with Crippen LogP contribution in [0.3, 0.4) is 0 Å². The molecule has 0 aliphatic heterocycles. The summed E-state index contributed by atoms with van der Waals surface area (Å²) in [6.07, 6.45) is 4.59. The Hall–Kier alpha value is -8.58. The van der Waals surface area contributed by atoms with Gasteiger partial charge in [-0.2, -0.15) is 0 Å². The van der Waals surface area contributed by atoms with Gasteiger partial charge in [-0.1, -0.05) is 231 Å². The van der Waals surface area contributed by atoms with Crippen molar-refractivity contribution in [3.05, 3.63) is 254 Å². The minimum atomic E-state index is 1.16. The van der Waals surface area contributed by atoms with Gasteiger partial charge in [-0.3, -0.25) is 0 Å². The lowest BCUT2D eigenvalue weighted by atomic mass is 9.84. The molecule has 0 amide bonds. The van der Waals surface area contributed by atoms with Crippen LogP contribution < -0.4 is 0 Å². The van der Waals surface area contributed by atoms with Crippen molar-refractivity contribution in [1.82, 2.24) is 0 Å². The summed E-state index contributed by atoms with van der Waals surface area (Å²) in [5, 5.41) is 17.5. The van der Waals surface area contributed by atoms with Crippen molar-refractivity contribution in [2.45, 2.75) is 0 Å². The fourth-order valence-electron chi connectivity index (χ4n) is 10.6. The largest absolute Gasteiger partial charge is 0.0616 e. The summed E-state index contributed by atoms with van der Waals surface area (Å²) in [6.45, 7) is 0. The number of fused-ring (bicyclic) bond motifs is 7. The molecule has 0 saturated carbocycles. The second kappa shape index (κ2) is 15.6. The SMILES string of the molecule is C(=C\c1c2ccccc2c(-c2ccc3ccccc3c2)c2ccccc12)/c1ccc(-c2ccc3c(-c4ccc5ccccc5c4)c4ccccc4c(-c4ccc5ccccc5c4)c3c2)cc1. The smallest absolute Gasteiger partial charge is 0.00259 e. The van der Waals surface area contributed by atoms with E-state index in [2.05, 4.69) is 255 Å². The van der Waals surface area contributed by atoms with Crippen LogP contribution >= 0.6 is 0 Å². The summed E-state index contributed by atoms with van der Waals surface area (Å²) in [6, 6.07) is 89.6. The second-order valence-corrected chi connectivity index (χ2v) is 17.6. The maximum atomic E-state index is 2.43. The molecule has 0 heterocycles. The van der Waals surface area contributed by atoms with Gasteiger partial charge in [0.25, 0.3) is 0 Å². The zero-order valence-electron chi connectivity index (χ0n) is 36.2. The second-order valence-electron chi connectivity index (χ2n) is 17.6. The molecule has 0 heteroatoms. The molecule has 0 unspecified atom stereocenters. The highest BCUT2D eigenvalue weighted by Gasteiger charge is 2.19. The lowest BCUT2D eigenvalue weighted by Gasteiger charge is -2.19. The van der Waals surface area contributed by atoms with Crippen molar-refractivity contribution in [2.75, 3.05) is 0 Å². The predicted octanol–water partition coefficient (Wildman–Crippen LogP) is 18.6. The van der Waals surface area contributed by atoms with E-state index in [4.69, 9.17) is 0 Å². The minimum Gasteiger partial charge on any atom is -0.0616 e. The molecular formula is C66H42. The lowest BCUT2D eigenvalue weighted by molar-refractivity contribution is 1.62. The summed E-state index contributed by atoms with van der Waals surface area (Å²) >= 11 is 0. The van der Waals surface area contributed by atoms with E-state index in [0.29, 0.717) is 0 Å². The first-order chi connectivity index (χ1) is 32.7. The Morgan fingerprint density at radius 2 is 0.530 bits per heavy atom. The molecule has 0 saturated heterocycles. The van der Waals surface area contributed by atoms with E-state index >= 15 is 0 Å². The van der Waals surface area contributed by atoms with E-state index in [1.165, 1.54) is 125 Å². The molecule has 306 valence electrons. The molecule has 0 aromatic heterocycles. The van der Waals surface area contributed by atoms with E-state index in [1.807, 2.05) is 0 Å². The normalized spacial score (nSPS) is 11.9. The summed E-state index contributed by atoms with van der Waals surface area (Å²) in [5.41, 5.74) is 12.3. The van der Waals surface area contributed by atoms with Gasteiger partial charge in [-0.25, -0.2) is 0 Å². The standard InChI is InChI=1S/C66H42/c1-4-16-48-39-52(33-30-44(48)13-1)64-58-21-9-7-19-55(58)57(56-20-8-10-22-59(56)64)37-27-43-25-28-47(29-26-43)51-36-38-62-63(42-51)66(54-35-32-46-15-3-6-18-50(46)41-54)61-24-12-11-23-60(61)65(62)53-34-31-45-14-2-5-17-49(45)40-53/h1-42H/b37-27+. The number of hydrogen-bond donors (Lipinski definition) is 0. The van der Waals surface area contributed by atoms with Crippen LogP contribution in [0, 0.1) is 0 Å². The molecular weight excluding hydrogens is 793 g/mol. The van der Waals surface area contributed by atoms with E-state index in [1.54, 1.807) is 0 Å². The number of benzene rings is 13. The highest BCUT2D eigenvalue weighted by atomic mass is 14.2. The Bertz CT molecular complexity index is 4040. The van der Waals surface area contributed by atoms with Crippen molar-refractivity contribution >= 4 is 87.6 Å². The Balaban J connectivity index is 0.935. The third kappa shape index (κ3) is 6.38. The fraction of sp³-hybridized carbons (Fsp3) is 0. The molecule has 66 heavy (non-hydrogen) atoms. The molecule has 0 atom stereocenters. The zero-order valence-corrected chi connectivity index (χ0v) is 36.2. The van der Waals surface area contributed by atoms with Crippen LogP contribution in [0.1, 0.15) is 11.1 Å². The van der Waals surface area contributed by atoms with E-state index < -0.39 is 0 Å². The first-order valence-corrected chi connectivity index (χ1v) is 22.9. The Labute approximate surface area is 384 Å². The third-order valence-electron chi connectivity index (χ3n) is 13.8. The van der Waals surface area contributed by atoms with Crippen LogP contribution in [0.15, 0.2) is 243 Å². The van der Waals surface area contributed by atoms with Crippen molar-refractivity contribution in [3.63, 3.8) is 0 Å². The molecule has 0 N–H and O–H groups in total. The minimum absolute atomic E-state index is 1.16. The first kappa shape index (κ1) is 37.9. The van der Waals surface area contributed by atoms with Gasteiger partial charge in [0.1, 0.15) is 0 Å². The van der Waals surface area contributed by atoms with Gasteiger partial charge in [-0.15, -0.1) is 0 Å². The molecule has 0 fully saturated rings. The van der Waals surface area contributed by atoms with Gasteiger partial charge in [-0.05, 0) is 155 Å². The third-order valence-corrected chi connectivity index (χ3v) is 13.8. The highest BCUT2D eigenvalue weighted by molar-refractivity contribution is 6.23. The summed E-state index contributed by atoms with van der Waals surface area (Å²) in [7, 11) is 0. The van der Waals surface area contributed by atoms with Crippen LogP contribution in [0.5, 0.6) is 0 Å². The maximum Gasteiger partial charge on any atom is -0.00259 e. The van der Waals surface area contributed by atoms with Gasteiger partial charge < -0.3 is 0 Å². The van der Waals surface area contributed by atoms with E-state index in [9.17, 15) is 0 Å². The van der Waals surface area contributed by atoms with Crippen molar-refractivity contribution < 1.29 is 0 Å². The van der Waals surface area contributed by atoms with Gasteiger partial charge in [0, 0.05) is 0 Å². The van der Waals surface area contributed by atoms with Gasteiger partial charge in [0.2, 0.25) is 0 Å². The van der Waals surface area contributed by atoms with Crippen LogP contribution in [0.2, 0.25) is 0 Å². The Morgan fingerprint density at radius 1 is 0.197 bits per heavy atom. The molecule has 0 aliphatic rings.